The maximum atomic E-state index is 13.2. The minimum absolute atomic E-state index is 0.0256. The van der Waals surface area contributed by atoms with Gasteiger partial charge >= 0.3 is 6.03 Å². The van der Waals surface area contributed by atoms with Crippen LogP contribution in [0.25, 0.3) is 11.3 Å². The van der Waals surface area contributed by atoms with Crippen molar-refractivity contribution in [1.82, 2.24) is 15.1 Å². The van der Waals surface area contributed by atoms with Crippen molar-refractivity contribution in [2.45, 2.75) is 63.3 Å². The number of ether oxygens (including phenoxy) is 2. The molecule has 1 aromatic heterocycles. The van der Waals surface area contributed by atoms with Crippen LogP contribution in [-0.4, -0.2) is 39.7 Å². The molecule has 0 saturated heterocycles. The van der Waals surface area contributed by atoms with E-state index in [1.807, 2.05) is 6.07 Å². The number of phenolic OH excluding ortho intramolecular Hbond substituents is 1. The molecule has 0 unspecified atom stereocenters. The van der Waals surface area contributed by atoms with E-state index < -0.39 is 0 Å². The van der Waals surface area contributed by atoms with E-state index >= 15 is 0 Å². The molecule has 2 fully saturated rings. The quantitative estimate of drug-likeness (QED) is 0.431. The Hall–Kier alpha value is -4.01. The second-order valence-corrected chi connectivity index (χ2v) is 10.0. The average molecular weight is 503 g/mol. The van der Waals surface area contributed by atoms with Crippen molar-refractivity contribution in [3.05, 3.63) is 53.7 Å². The van der Waals surface area contributed by atoms with Crippen LogP contribution < -0.4 is 20.1 Å². The van der Waals surface area contributed by atoms with Crippen molar-refractivity contribution < 1.29 is 24.2 Å². The van der Waals surface area contributed by atoms with Gasteiger partial charge in [0, 0.05) is 34.8 Å². The lowest BCUT2D eigenvalue weighted by Gasteiger charge is -2.15. The highest BCUT2D eigenvalue weighted by Crippen LogP contribution is 2.38. The van der Waals surface area contributed by atoms with E-state index in [1.165, 1.54) is 10.7 Å². The number of fused-ring (bicyclic) bond motifs is 1. The number of hydrogen-bond acceptors (Lipinski definition) is 6. The lowest BCUT2D eigenvalue weighted by molar-refractivity contribution is 0.102. The summed E-state index contributed by atoms with van der Waals surface area (Å²) >= 11 is 0. The molecule has 2 aromatic carbocycles. The van der Waals surface area contributed by atoms with Gasteiger partial charge in [0.15, 0.2) is 11.5 Å². The fourth-order valence-electron chi connectivity index (χ4n) is 5.58. The smallest absolute Gasteiger partial charge is 0.342 e. The molecule has 2 heterocycles. The second kappa shape index (κ2) is 9.80. The summed E-state index contributed by atoms with van der Waals surface area (Å²) in [6, 6.07) is 11.8. The Labute approximate surface area is 214 Å². The third-order valence-electron chi connectivity index (χ3n) is 7.55. The number of rotatable bonds is 5. The lowest BCUT2D eigenvalue weighted by Crippen LogP contribution is -2.37. The zero-order chi connectivity index (χ0) is 25.4. The first-order valence-electron chi connectivity index (χ1n) is 13.0. The van der Waals surface area contributed by atoms with Gasteiger partial charge in [0.25, 0.3) is 5.91 Å². The summed E-state index contributed by atoms with van der Waals surface area (Å²) in [5.41, 5.74) is 2.80. The van der Waals surface area contributed by atoms with Gasteiger partial charge in [-0.15, -0.1) is 0 Å². The highest BCUT2D eigenvalue weighted by molar-refractivity contribution is 6.05. The van der Waals surface area contributed by atoms with Crippen LogP contribution in [0.2, 0.25) is 0 Å². The normalized spacial score (nSPS) is 17.3. The number of aromatic hydroxyl groups is 1. The number of benzene rings is 2. The number of aromatic nitrogens is 2. The Morgan fingerprint density at radius 1 is 0.919 bits per heavy atom. The van der Waals surface area contributed by atoms with E-state index in [0.29, 0.717) is 34.0 Å². The molecule has 0 atom stereocenters. The zero-order valence-corrected chi connectivity index (χ0v) is 20.5. The van der Waals surface area contributed by atoms with Gasteiger partial charge in [0.1, 0.15) is 5.75 Å². The predicted molar refractivity (Wildman–Crippen MR) is 137 cm³/mol. The van der Waals surface area contributed by atoms with Crippen molar-refractivity contribution >= 4 is 17.6 Å². The number of anilines is 1. The van der Waals surface area contributed by atoms with E-state index in [9.17, 15) is 14.7 Å². The number of carbonyl (C=O) groups excluding carboxylic acids is 2. The molecule has 3 N–H and O–H groups in total. The molecule has 9 nitrogen and oxygen atoms in total. The van der Waals surface area contributed by atoms with Crippen LogP contribution >= 0.6 is 0 Å². The topological polar surface area (TPSA) is 115 Å². The number of carbonyl (C=O) groups is 2. The summed E-state index contributed by atoms with van der Waals surface area (Å²) in [5.74, 6) is 1.05. The first-order chi connectivity index (χ1) is 18.0. The van der Waals surface area contributed by atoms with Crippen LogP contribution in [0.15, 0.2) is 42.5 Å². The average Bonchev–Trinajstić information content (AvgIpc) is 3.70. The molecule has 2 saturated carbocycles. The Morgan fingerprint density at radius 3 is 2.46 bits per heavy atom. The summed E-state index contributed by atoms with van der Waals surface area (Å²) in [7, 11) is 0. The molecule has 192 valence electrons. The minimum Gasteiger partial charge on any atom is -0.507 e. The molecule has 0 spiro atoms. The summed E-state index contributed by atoms with van der Waals surface area (Å²) in [6.07, 6.45) is 8.60. The molecular weight excluding hydrogens is 472 g/mol. The van der Waals surface area contributed by atoms with Crippen molar-refractivity contribution in [2.75, 3.05) is 12.1 Å². The van der Waals surface area contributed by atoms with Crippen LogP contribution in [0.4, 0.5) is 10.5 Å². The highest BCUT2D eigenvalue weighted by atomic mass is 16.7. The molecule has 6 rings (SSSR count). The molecule has 3 aliphatic rings. The third kappa shape index (κ3) is 4.73. The largest absolute Gasteiger partial charge is 0.507 e. The van der Waals surface area contributed by atoms with Gasteiger partial charge < -0.3 is 25.2 Å². The van der Waals surface area contributed by atoms with Gasteiger partial charge in [-0.05, 0) is 62.1 Å². The van der Waals surface area contributed by atoms with Crippen LogP contribution in [-0.2, 0) is 0 Å². The van der Waals surface area contributed by atoms with Gasteiger partial charge in [0.05, 0.1) is 11.4 Å². The third-order valence-corrected chi connectivity index (χ3v) is 7.55. The van der Waals surface area contributed by atoms with E-state index in [-0.39, 0.29) is 36.4 Å². The molecule has 2 amide bonds. The summed E-state index contributed by atoms with van der Waals surface area (Å²) in [5, 5.41) is 21.4. The van der Waals surface area contributed by atoms with Crippen LogP contribution in [0.1, 0.15) is 73.3 Å². The van der Waals surface area contributed by atoms with Crippen molar-refractivity contribution in [3.63, 3.8) is 0 Å². The number of amides is 2. The molecule has 9 heteroatoms. The van der Waals surface area contributed by atoms with E-state index in [1.54, 1.807) is 30.3 Å². The van der Waals surface area contributed by atoms with E-state index in [2.05, 4.69) is 15.7 Å². The molecule has 0 radical (unpaired) electrons. The predicted octanol–water partition coefficient (Wildman–Crippen LogP) is 5.39. The first kappa shape index (κ1) is 23.4. The molecule has 1 aliphatic heterocycles. The molecule has 0 bridgehead atoms. The van der Waals surface area contributed by atoms with Crippen molar-refractivity contribution in [3.8, 4) is 28.5 Å². The van der Waals surface area contributed by atoms with Gasteiger partial charge in [0.2, 0.25) is 6.79 Å². The van der Waals surface area contributed by atoms with Crippen molar-refractivity contribution in [1.29, 1.82) is 0 Å². The van der Waals surface area contributed by atoms with Crippen LogP contribution in [0, 0.1) is 0 Å². The maximum absolute atomic E-state index is 13.2. The Bertz CT molecular complexity index is 1340. The molecular formula is C28H30N4O5. The highest BCUT2D eigenvalue weighted by Gasteiger charge is 2.27. The SMILES string of the molecule is O=C(Nc1ccc(-c2cc(C3CCCC3)n(C(=O)NC3CCCC3)n2)c(O)c1)c1ccc2c(c1)OCO2. The zero-order valence-electron chi connectivity index (χ0n) is 20.5. The Balaban J connectivity index is 1.23. The lowest BCUT2D eigenvalue weighted by atomic mass is 10.0. The number of nitrogens with zero attached hydrogens (tertiary/aromatic N) is 2. The van der Waals surface area contributed by atoms with E-state index in [0.717, 1.165) is 57.1 Å². The fraction of sp³-hybridized carbons (Fsp3) is 0.393. The number of nitrogens with one attached hydrogen (secondary N) is 2. The van der Waals surface area contributed by atoms with Gasteiger partial charge in [-0.25, -0.2) is 4.79 Å². The number of phenols is 1. The van der Waals surface area contributed by atoms with Gasteiger partial charge in [-0.3, -0.25) is 4.79 Å². The molecule has 37 heavy (non-hydrogen) atoms. The second-order valence-electron chi connectivity index (χ2n) is 10.0. The summed E-state index contributed by atoms with van der Waals surface area (Å²) in [4.78, 5) is 25.9. The fourth-order valence-corrected chi connectivity index (χ4v) is 5.58. The molecule has 2 aliphatic carbocycles. The summed E-state index contributed by atoms with van der Waals surface area (Å²) < 4.78 is 12.1. The summed E-state index contributed by atoms with van der Waals surface area (Å²) in [6.45, 7) is 0.135. The van der Waals surface area contributed by atoms with Crippen molar-refractivity contribution in [2.24, 2.45) is 0 Å². The maximum Gasteiger partial charge on any atom is 0.342 e. The minimum atomic E-state index is -0.332. The van der Waals surface area contributed by atoms with Gasteiger partial charge in [-0.1, -0.05) is 25.7 Å². The van der Waals surface area contributed by atoms with Gasteiger partial charge in [-0.2, -0.15) is 9.78 Å². The first-order valence-corrected chi connectivity index (χ1v) is 13.0. The van der Waals surface area contributed by atoms with Crippen LogP contribution in [0.3, 0.4) is 0 Å². The standard InChI is InChI=1S/C28H30N4O5/c33-24-14-20(29-27(34)18-9-12-25-26(13-18)37-16-36-25)10-11-21(24)22-15-23(17-5-1-2-6-17)32(31-22)28(35)30-19-7-3-4-8-19/h9-15,17,19,33H,1-8,16H2,(H,29,34)(H,30,35). The number of hydrogen-bond donors (Lipinski definition) is 3. The Kier molecular flexibility index (Phi) is 6.20. The van der Waals surface area contributed by atoms with E-state index in [4.69, 9.17) is 9.47 Å². The molecule has 3 aromatic rings. The monoisotopic (exact) mass is 502 g/mol. The Morgan fingerprint density at radius 2 is 1.68 bits per heavy atom. The van der Waals surface area contributed by atoms with Crippen LogP contribution in [0.5, 0.6) is 17.2 Å².